The van der Waals surface area contributed by atoms with E-state index in [4.69, 9.17) is 0 Å². The molecular formula is C18H23N5O2S. The Labute approximate surface area is 156 Å². The molecule has 0 spiro atoms. The van der Waals surface area contributed by atoms with E-state index < -0.39 is 0 Å². The van der Waals surface area contributed by atoms with Gasteiger partial charge in [-0.2, -0.15) is 5.10 Å². The van der Waals surface area contributed by atoms with E-state index in [1.807, 2.05) is 35.1 Å². The highest BCUT2D eigenvalue weighted by Crippen LogP contribution is 2.44. The summed E-state index contributed by atoms with van der Waals surface area (Å²) in [6, 6.07) is 1.98. The molecule has 0 aliphatic carbocycles. The van der Waals surface area contributed by atoms with Crippen LogP contribution in [0.4, 0.5) is 0 Å². The SMILES string of the molecule is CC(=O)N1C[C@H]2CN(C(=O)c3sccc3C)CC[C@@]2(c2n[nH]c(C)n2)C1. The Balaban J connectivity index is 1.63. The van der Waals surface area contributed by atoms with Gasteiger partial charge < -0.3 is 9.80 Å². The number of fused-ring (bicyclic) bond motifs is 1. The maximum atomic E-state index is 12.9. The van der Waals surface area contributed by atoms with Crippen LogP contribution >= 0.6 is 11.3 Å². The summed E-state index contributed by atoms with van der Waals surface area (Å²) < 4.78 is 0. The second-order valence-corrected chi connectivity index (χ2v) is 8.35. The molecule has 2 amide bonds. The first-order valence-corrected chi connectivity index (χ1v) is 9.77. The number of amides is 2. The number of aromatic amines is 1. The number of carbonyl (C=O) groups excluding carboxylic acids is 2. The lowest BCUT2D eigenvalue weighted by Gasteiger charge is -2.41. The van der Waals surface area contributed by atoms with E-state index in [9.17, 15) is 9.59 Å². The molecule has 0 aromatic carbocycles. The predicted octanol–water partition coefficient (Wildman–Crippen LogP) is 1.75. The van der Waals surface area contributed by atoms with Crippen molar-refractivity contribution in [2.75, 3.05) is 26.2 Å². The lowest BCUT2D eigenvalue weighted by molar-refractivity contribution is -0.128. The number of likely N-dealkylation sites (tertiary alicyclic amines) is 2. The number of piperidine rings is 1. The summed E-state index contributed by atoms with van der Waals surface area (Å²) in [6.45, 7) is 8.03. The van der Waals surface area contributed by atoms with Crippen LogP contribution in [0.25, 0.3) is 0 Å². The van der Waals surface area contributed by atoms with Gasteiger partial charge >= 0.3 is 0 Å². The van der Waals surface area contributed by atoms with Crippen LogP contribution in [0.3, 0.4) is 0 Å². The van der Waals surface area contributed by atoms with Gasteiger partial charge in [-0.05, 0) is 37.3 Å². The summed E-state index contributed by atoms with van der Waals surface area (Å²) in [5, 5.41) is 9.32. The lowest BCUT2D eigenvalue weighted by Crippen LogP contribution is -2.51. The second-order valence-electron chi connectivity index (χ2n) is 7.43. The van der Waals surface area contributed by atoms with Crippen LogP contribution in [-0.4, -0.2) is 63.0 Å². The van der Waals surface area contributed by atoms with Crippen molar-refractivity contribution in [1.29, 1.82) is 0 Å². The van der Waals surface area contributed by atoms with E-state index in [0.29, 0.717) is 26.2 Å². The standard InChI is InChI=1S/C18H23N5O2S/c1-11-4-7-26-15(11)16(25)22-6-5-18(17-19-12(2)20-21-17)10-23(13(3)24)9-14(18)8-22/h4,7,14H,5-6,8-10H2,1-3H3,(H,19,20,21)/t14-,18-/m1/s1. The van der Waals surface area contributed by atoms with Crippen LogP contribution in [0.5, 0.6) is 0 Å². The summed E-state index contributed by atoms with van der Waals surface area (Å²) in [7, 11) is 0. The third kappa shape index (κ3) is 2.63. The minimum absolute atomic E-state index is 0.0676. The number of hydrogen-bond acceptors (Lipinski definition) is 5. The Morgan fingerprint density at radius 2 is 2.08 bits per heavy atom. The smallest absolute Gasteiger partial charge is 0.264 e. The molecule has 7 nitrogen and oxygen atoms in total. The Bertz CT molecular complexity index is 859. The highest BCUT2D eigenvalue weighted by molar-refractivity contribution is 7.12. The molecule has 4 heterocycles. The van der Waals surface area contributed by atoms with Gasteiger partial charge in [0.05, 0.1) is 10.3 Å². The fraction of sp³-hybridized carbons (Fsp3) is 0.556. The normalized spacial score (nSPS) is 25.4. The van der Waals surface area contributed by atoms with Crippen LogP contribution in [0, 0.1) is 19.8 Å². The Morgan fingerprint density at radius 3 is 2.69 bits per heavy atom. The molecule has 26 heavy (non-hydrogen) atoms. The zero-order valence-corrected chi connectivity index (χ0v) is 16.1. The molecule has 2 fully saturated rings. The molecular weight excluding hydrogens is 350 g/mol. The molecule has 138 valence electrons. The number of nitrogens with zero attached hydrogens (tertiary/aromatic N) is 4. The van der Waals surface area contributed by atoms with Crippen molar-refractivity contribution in [2.45, 2.75) is 32.6 Å². The molecule has 4 rings (SSSR count). The summed E-state index contributed by atoms with van der Waals surface area (Å²) in [6.07, 6.45) is 0.773. The number of H-pyrrole nitrogens is 1. The van der Waals surface area contributed by atoms with Gasteiger partial charge in [-0.1, -0.05) is 0 Å². The Hall–Kier alpha value is -2.22. The molecule has 8 heteroatoms. The molecule has 2 saturated heterocycles. The van der Waals surface area contributed by atoms with E-state index in [-0.39, 0.29) is 23.1 Å². The molecule has 2 aromatic heterocycles. The van der Waals surface area contributed by atoms with Crippen molar-refractivity contribution in [3.05, 3.63) is 33.5 Å². The first kappa shape index (κ1) is 17.2. The van der Waals surface area contributed by atoms with E-state index >= 15 is 0 Å². The highest BCUT2D eigenvalue weighted by atomic mass is 32.1. The highest BCUT2D eigenvalue weighted by Gasteiger charge is 2.54. The topological polar surface area (TPSA) is 82.2 Å². The van der Waals surface area contributed by atoms with Crippen LogP contribution < -0.4 is 0 Å². The van der Waals surface area contributed by atoms with Crippen molar-refractivity contribution in [3.63, 3.8) is 0 Å². The second kappa shape index (κ2) is 6.19. The van der Waals surface area contributed by atoms with Crippen LogP contribution in [0.2, 0.25) is 0 Å². The van der Waals surface area contributed by atoms with Crippen molar-refractivity contribution in [3.8, 4) is 0 Å². The molecule has 2 aromatic rings. The largest absolute Gasteiger partial charge is 0.342 e. The number of carbonyl (C=O) groups is 2. The third-order valence-electron chi connectivity index (χ3n) is 5.80. The van der Waals surface area contributed by atoms with Crippen molar-refractivity contribution < 1.29 is 9.59 Å². The van der Waals surface area contributed by atoms with Crippen molar-refractivity contribution >= 4 is 23.2 Å². The Morgan fingerprint density at radius 1 is 1.31 bits per heavy atom. The van der Waals surface area contributed by atoms with Gasteiger partial charge in [0.1, 0.15) is 5.82 Å². The number of nitrogens with one attached hydrogen (secondary N) is 1. The molecule has 2 aliphatic heterocycles. The van der Waals surface area contributed by atoms with E-state index in [2.05, 4.69) is 15.2 Å². The minimum atomic E-state index is -0.266. The fourth-order valence-corrected chi connectivity index (χ4v) is 5.16. The number of thiophene rings is 1. The lowest BCUT2D eigenvalue weighted by atomic mass is 9.72. The Kier molecular flexibility index (Phi) is 4.10. The monoisotopic (exact) mass is 373 g/mol. The summed E-state index contributed by atoms with van der Waals surface area (Å²) >= 11 is 1.50. The number of rotatable bonds is 2. The van der Waals surface area contributed by atoms with Gasteiger partial charge in [0.15, 0.2) is 5.82 Å². The average molecular weight is 373 g/mol. The maximum Gasteiger partial charge on any atom is 0.264 e. The van der Waals surface area contributed by atoms with Crippen molar-refractivity contribution in [1.82, 2.24) is 25.0 Å². The van der Waals surface area contributed by atoms with Gasteiger partial charge in [-0.15, -0.1) is 11.3 Å². The quantitative estimate of drug-likeness (QED) is 0.869. The summed E-state index contributed by atoms with van der Waals surface area (Å²) in [5.74, 6) is 1.88. The molecule has 1 N–H and O–H groups in total. The van der Waals surface area contributed by atoms with Gasteiger partial charge in [-0.25, -0.2) is 4.98 Å². The van der Waals surface area contributed by atoms with Crippen LogP contribution in [0.15, 0.2) is 11.4 Å². The third-order valence-corrected chi connectivity index (χ3v) is 6.80. The van der Waals surface area contributed by atoms with E-state index in [0.717, 1.165) is 28.5 Å². The van der Waals surface area contributed by atoms with Crippen molar-refractivity contribution in [2.24, 2.45) is 5.92 Å². The molecule has 2 atom stereocenters. The summed E-state index contributed by atoms with van der Waals surface area (Å²) in [5.41, 5.74) is 0.760. The molecule has 0 bridgehead atoms. The zero-order valence-electron chi connectivity index (χ0n) is 15.3. The molecule has 0 saturated carbocycles. The van der Waals surface area contributed by atoms with E-state index in [1.54, 1.807) is 6.92 Å². The molecule has 2 aliphatic rings. The first-order chi connectivity index (χ1) is 12.4. The van der Waals surface area contributed by atoms with Crippen LogP contribution in [0.1, 0.15) is 40.2 Å². The zero-order chi connectivity index (χ0) is 18.5. The van der Waals surface area contributed by atoms with Gasteiger partial charge in [-0.3, -0.25) is 14.7 Å². The van der Waals surface area contributed by atoms with Gasteiger partial charge in [0.2, 0.25) is 5.91 Å². The van der Waals surface area contributed by atoms with Crippen LogP contribution in [-0.2, 0) is 10.2 Å². The molecule has 0 radical (unpaired) electrons. The number of aryl methyl sites for hydroxylation is 2. The minimum Gasteiger partial charge on any atom is -0.342 e. The number of aromatic nitrogens is 3. The molecule has 0 unspecified atom stereocenters. The first-order valence-electron chi connectivity index (χ1n) is 8.89. The van der Waals surface area contributed by atoms with Gasteiger partial charge in [0.25, 0.3) is 5.91 Å². The number of hydrogen-bond donors (Lipinski definition) is 1. The van der Waals surface area contributed by atoms with Gasteiger partial charge in [0, 0.05) is 39.0 Å². The summed E-state index contributed by atoms with van der Waals surface area (Å²) in [4.78, 5) is 34.2. The maximum absolute atomic E-state index is 12.9. The fourth-order valence-electron chi connectivity index (χ4n) is 4.27. The predicted molar refractivity (Wildman–Crippen MR) is 98.1 cm³/mol. The average Bonchev–Trinajstić information content (AvgIpc) is 3.31. The van der Waals surface area contributed by atoms with E-state index in [1.165, 1.54) is 11.3 Å².